The zero-order chi connectivity index (χ0) is 14.5. The van der Waals surface area contributed by atoms with Gasteiger partial charge in [-0.05, 0) is 44.2 Å². The monoisotopic (exact) mass is 289 g/mol. The van der Waals surface area contributed by atoms with E-state index in [1.54, 1.807) is 0 Å². The van der Waals surface area contributed by atoms with Crippen LogP contribution in [0.3, 0.4) is 0 Å². The Morgan fingerprint density at radius 2 is 1.95 bits per heavy atom. The van der Waals surface area contributed by atoms with E-state index in [2.05, 4.69) is 4.98 Å². The van der Waals surface area contributed by atoms with E-state index in [-0.39, 0.29) is 5.92 Å². The first-order valence-corrected chi connectivity index (χ1v) is 8.04. The Balaban J connectivity index is 1.56. The van der Waals surface area contributed by atoms with Crippen LogP contribution in [0.2, 0.25) is 0 Å². The molecule has 3 atom stereocenters. The van der Waals surface area contributed by atoms with E-state index in [4.69, 9.17) is 9.47 Å². The molecule has 0 radical (unpaired) electrons. The lowest BCUT2D eigenvalue weighted by atomic mass is 9.83. The normalized spacial score (nSPS) is 37.2. The van der Waals surface area contributed by atoms with Gasteiger partial charge in [-0.2, -0.15) is 0 Å². The van der Waals surface area contributed by atoms with Crippen molar-refractivity contribution in [3.8, 4) is 0 Å². The van der Waals surface area contributed by atoms with Crippen LogP contribution in [-0.4, -0.2) is 34.7 Å². The fraction of sp³-hybridized carbons (Fsp3) is 0.706. The first kappa shape index (κ1) is 13.7. The number of pyridine rings is 1. The van der Waals surface area contributed by atoms with Crippen LogP contribution in [0.4, 0.5) is 0 Å². The highest BCUT2D eigenvalue weighted by molar-refractivity contribution is 5.16. The van der Waals surface area contributed by atoms with Gasteiger partial charge in [0, 0.05) is 30.1 Å². The standard InChI is InChI=1S/C17H23NO3/c1-12-3-2-4-13(18-12)11-16(19)7-5-15-14(16)6-8-17(15)20-9-10-21-17/h2-4,14-15,19H,5-11H2,1H3/t14-,15-,16-/m1/s1. The number of aliphatic hydroxyl groups is 1. The second-order valence-corrected chi connectivity index (χ2v) is 6.85. The third-order valence-corrected chi connectivity index (χ3v) is 5.64. The van der Waals surface area contributed by atoms with Crippen LogP contribution in [0.25, 0.3) is 0 Å². The summed E-state index contributed by atoms with van der Waals surface area (Å²) in [4.78, 5) is 4.56. The van der Waals surface area contributed by atoms with Crippen LogP contribution in [-0.2, 0) is 15.9 Å². The van der Waals surface area contributed by atoms with Gasteiger partial charge in [-0.25, -0.2) is 0 Å². The second-order valence-electron chi connectivity index (χ2n) is 6.85. The van der Waals surface area contributed by atoms with Crippen molar-refractivity contribution < 1.29 is 14.6 Å². The highest BCUT2D eigenvalue weighted by atomic mass is 16.7. The lowest BCUT2D eigenvalue weighted by Gasteiger charge is -2.31. The predicted molar refractivity (Wildman–Crippen MR) is 77.7 cm³/mol. The summed E-state index contributed by atoms with van der Waals surface area (Å²) in [6.07, 6.45) is 4.38. The van der Waals surface area contributed by atoms with Gasteiger partial charge in [0.05, 0.1) is 18.8 Å². The Kier molecular flexibility index (Phi) is 3.10. The van der Waals surface area contributed by atoms with E-state index in [0.717, 1.165) is 37.1 Å². The van der Waals surface area contributed by atoms with Gasteiger partial charge in [0.25, 0.3) is 0 Å². The molecule has 1 aromatic heterocycles. The van der Waals surface area contributed by atoms with Gasteiger partial charge in [0.2, 0.25) is 0 Å². The minimum Gasteiger partial charge on any atom is -0.389 e. The SMILES string of the molecule is Cc1cccc(C[C@]2(O)CC[C@@H]3[C@H]2CCC32OCCO2)n1. The van der Waals surface area contributed by atoms with Crippen LogP contribution in [0, 0.1) is 18.8 Å². The largest absolute Gasteiger partial charge is 0.389 e. The summed E-state index contributed by atoms with van der Waals surface area (Å²) in [6, 6.07) is 6.04. The molecule has 3 fully saturated rings. The summed E-state index contributed by atoms with van der Waals surface area (Å²) in [6.45, 7) is 3.39. The van der Waals surface area contributed by atoms with E-state index in [1.165, 1.54) is 0 Å². The lowest BCUT2D eigenvalue weighted by Crippen LogP contribution is -2.40. The van der Waals surface area contributed by atoms with Gasteiger partial charge >= 0.3 is 0 Å². The van der Waals surface area contributed by atoms with Gasteiger partial charge in [-0.3, -0.25) is 4.98 Å². The molecule has 2 saturated carbocycles. The van der Waals surface area contributed by atoms with Gasteiger partial charge in [0.15, 0.2) is 5.79 Å². The Hall–Kier alpha value is -0.970. The molecule has 114 valence electrons. The minimum absolute atomic E-state index is 0.276. The summed E-state index contributed by atoms with van der Waals surface area (Å²) in [5, 5.41) is 11.2. The molecular weight excluding hydrogens is 266 g/mol. The maximum Gasteiger partial charge on any atom is 0.171 e. The van der Waals surface area contributed by atoms with Crippen LogP contribution in [0.15, 0.2) is 18.2 Å². The van der Waals surface area contributed by atoms with Crippen molar-refractivity contribution >= 4 is 0 Å². The summed E-state index contributed by atoms with van der Waals surface area (Å²) in [7, 11) is 0. The number of aromatic nitrogens is 1. The first-order valence-electron chi connectivity index (χ1n) is 8.04. The van der Waals surface area contributed by atoms with E-state index < -0.39 is 11.4 Å². The number of rotatable bonds is 2. The van der Waals surface area contributed by atoms with Crippen molar-refractivity contribution in [2.45, 2.75) is 50.4 Å². The molecule has 4 heteroatoms. The first-order chi connectivity index (χ1) is 10.1. The maximum atomic E-state index is 11.2. The van der Waals surface area contributed by atoms with Crippen LogP contribution in [0.5, 0.6) is 0 Å². The minimum atomic E-state index is -0.649. The molecule has 1 N–H and O–H groups in total. The highest BCUT2D eigenvalue weighted by Crippen LogP contribution is 2.57. The van der Waals surface area contributed by atoms with E-state index in [1.807, 2.05) is 25.1 Å². The molecule has 2 aliphatic carbocycles. The van der Waals surface area contributed by atoms with Crippen molar-refractivity contribution in [3.05, 3.63) is 29.6 Å². The predicted octanol–water partition coefficient (Wildman–Crippen LogP) is 2.23. The third-order valence-electron chi connectivity index (χ3n) is 5.64. The molecule has 4 rings (SSSR count). The van der Waals surface area contributed by atoms with Crippen molar-refractivity contribution in [2.75, 3.05) is 13.2 Å². The molecule has 1 aromatic rings. The molecule has 0 bridgehead atoms. The second kappa shape index (κ2) is 4.77. The molecule has 4 nitrogen and oxygen atoms in total. The number of aryl methyl sites for hydroxylation is 1. The summed E-state index contributed by atoms with van der Waals surface area (Å²) >= 11 is 0. The smallest absolute Gasteiger partial charge is 0.171 e. The zero-order valence-corrected chi connectivity index (χ0v) is 12.5. The molecule has 3 aliphatic rings. The summed E-state index contributed by atoms with van der Waals surface area (Å²) < 4.78 is 11.9. The van der Waals surface area contributed by atoms with E-state index in [9.17, 15) is 5.11 Å². The summed E-state index contributed by atoms with van der Waals surface area (Å²) in [5.74, 6) is 0.225. The molecule has 0 unspecified atom stereocenters. The number of fused-ring (bicyclic) bond motifs is 2. The number of hydrogen-bond donors (Lipinski definition) is 1. The summed E-state index contributed by atoms with van der Waals surface area (Å²) in [5.41, 5.74) is 1.35. The third kappa shape index (κ3) is 2.12. The molecule has 1 spiro atoms. The number of hydrogen-bond acceptors (Lipinski definition) is 4. The van der Waals surface area contributed by atoms with E-state index >= 15 is 0 Å². The molecule has 0 amide bonds. The van der Waals surface area contributed by atoms with Gasteiger partial charge in [0.1, 0.15) is 0 Å². The van der Waals surface area contributed by atoms with Crippen LogP contribution >= 0.6 is 0 Å². The van der Waals surface area contributed by atoms with Crippen LogP contribution < -0.4 is 0 Å². The Morgan fingerprint density at radius 1 is 1.19 bits per heavy atom. The van der Waals surface area contributed by atoms with Crippen molar-refractivity contribution in [3.63, 3.8) is 0 Å². The van der Waals surface area contributed by atoms with Crippen LogP contribution in [0.1, 0.15) is 37.1 Å². The molecule has 2 heterocycles. The molecule has 1 saturated heterocycles. The molecule has 1 aliphatic heterocycles. The topological polar surface area (TPSA) is 51.6 Å². The van der Waals surface area contributed by atoms with Gasteiger partial charge in [-0.15, -0.1) is 0 Å². The van der Waals surface area contributed by atoms with Crippen molar-refractivity contribution in [2.24, 2.45) is 11.8 Å². The van der Waals surface area contributed by atoms with Gasteiger partial charge in [-0.1, -0.05) is 6.07 Å². The maximum absolute atomic E-state index is 11.2. The molecule has 21 heavy (non-hydrogen) atoms. The van der Waals surface area contributed by atoms with E-state index in [0.29, 0.717) is 25.6 Å². The van der Waals surface area contributed by atoms with Gasteiger partial charge < -0.3 is 14.6 Å². The fourth-order valence-corrected chi connectivity index (χ4v) is 4.76. The number of ether oxygens (including phenoxy) is 2. The Bertz CT molecular complexity index is 541. The van der Waals surface area contributed by atoms with Crippen molar-refractivity contribution in [1.82, 2.24) is 4.98 Å². The Morgan fingerprint density at radius 3 is 2.71 bits per heavy atom. The highest BCUT2D eigenvalue weighted by Gasteiger charge is 2.61. The average Bonchev–Trinajstić information content (AvgIpc) is 3.12. The Labute approximate surface area is 125 Å². The average molecular weight is 289 g/mol. The van der Waals surface area contributed by atoms with Crippen molar-refractivity contribution in [1.29, 1.82) is 0 Å². The number of nitrogens with zero attached hydrogens (tertiary/aromatic N) is 1. The zero-order valence-electron chi connectivity index (χ0n) is 12.5. The fourth-order valence-electron chi connectivity index (χ4n) is 4.76. The lowest BCUT2D eigenvalue weighted by molar-refractivity contribution is -0.185. The molecular formula is C17H23NO3. The quantitative estimate of drug-likeness (QED) is 0.907. The molecule has 0 aromatic carbocycles.